The SMILES string of the molecule is CCNc1nc(NC(C)c2cc(C)sc2C)c(Cl)cc1Cl. The van der Waals surface area contributed by atoms with Crippen LogP contribution in [0.25, 0.3) is 0 Å². The van der Waals surface area contributed by atoms with Crippen molar-refractivity contribution in [2.75, 3.05) is 17.2 Å². The third kappa shape index (κ3) is 3.82. The molecule has 0 amide bonds. The molecule has 0 aliphatic carbocycles. The van der Waals surface area contributed by atoms with Crippen molar-refractivity contribution in [1.82, 2.24) is 4.98 Å². The summed E-state index contributed by atoms with van der Waals surface area (Å²) in [6.45, 7) is 9.11. The Morgan fingerprint density at radius 1 is 1.19 bits per heavy atom. The summed E-state index contributed by atoms with van der Waals surface area (Å²) in [4.78, 5) is 7.10. The van der Waals surface area contributed by atoms with E-state index in [-0.39, 0.29) is 6.04 Å². The summed E-state index contributed by atoms with van der Waals surface area (Å²) in [5.74, 6) is 1.30. The second-order valence-electron chi connectivity index (χ2n) is 4.91. The first-order valence-electron chi connectivity index (χ1n) is 6.85. The van der Waals surface area contributed by atoms with Gasteiger partial charge in [-0.2, -0.15) is 0 Å². The molecule has 0 fully saturated rings. The molecule has 0 aliphatic rings. The van der Waals surface area contributed by atoms with Crippen molar-refractivity contribution in [3.63, 3.8) is 0 Å². The summed E-state index contributed by atoms with van der Waals surface area (Å²) in [7, 11) is 0. The van der Waals surface area contributed by atoms with Crippen LogP contribution in [0.2, 0.25) is 10.0 Å². The molecule has 0 saturated carbocycles. The number of pyridine rings is 1. The smallest absolute Gasteiger partial charge is 0.147 e. The molecule has 6 heteroatoms. The molecular formula is C15H19Cl2N3S. The van der Waals surface area contributed by atoms with Crippen LogP contribution in [0.1, 0.15) is 35.2 Å². The highest BCUT2D eigenvalue weighted by atomic mass is 35.5. The van der Waals surface area contributed by atoms with Crippen LogP contribution in [0.4, 0.5) is 11.6 Å². The van der Waals surface area contributed by atoms with E-state index in [0.29, 0.717) is 21.7 Å². The summed E-state index contributed by atoms with van der Waals surface area (Å²) in [5.41, 5.74) is 1.27. The lowest BCUT2D eigenvalue weighted by Gasteiger charge is -2.17. The fourth-order valence-corrected chi connectivity index (χ4v) is 3.72. The average Bonchev–Trinajstić information content (AvgIpc) is 2.74. The molecule has 0 aliphatic heterocycles. The lowest BCUT2D eigenvalue weighted by Crippen LogP contribution is -2.10. The first kappa shape index (κ1) is 16.4. The molecule has 3 nitrogen and oxygen atoms in total. The Morgan fingerprint density at radius 3 is 2.43 bits per heavy atom. The Balaban J connectivity index is 2.26. The maximum Gasteiger partial charge on any atom is 0.147 e. The monoisotopic (exact) mass is 343 g/mol. The fraction of sp³-hybridized carbons (Fsp3) is 0.400. The maximum atomic E-state index is 6.24. The summed E-state index contributed by atoms with van der Waals surface area (Å²) in [6, 6.07) is 4.05. The van der Waals surface area contributed by atoms with Crippen LogP contribution in [-0.2, 0) is 0 Å². The van der Waals surface area contributed by atoms with Gasteiger partial charge in [-0.25, -0.2) is 4.98 Å². The molecule has 114 valence electrons. The lowest BCUT2D eigenvalue weighted by molar-refractivity contribution is 0.872. The van der Waals surface area contributed by atoms with E-state index in [2.05, 4.69) is 42.5 Å². The number of halogens is 2. The topological polar surface area (TPSA) is 37.0 Å². The van der Waals surface area contributed by atoms with Gasteiger partial charge in [0.1, 0.15) is 11.6 Å². The molecule has 2 heterocycles. The van der Waals surface area contributed by atoms with Crippen molar-refractivity contribution >= 4 is 46.2 Å². The minimum absolute atomic E-state index is 0.135. The van der Waals surface area contributed by atoms with Gasteiger partial charge in [0, 0.05) is 16.3 Å². The van der Waals surface area contributed by atoms with E-state index >= 15 is 0 Å². The molecule has 1 atom stereocenters. The van der Waals surface area contributed by atoms with Gasteiger partial charge in [0.25, 0.3) is 0 Å². The van der Waals surface area contributed by atoms with Crippen molar-refractivity contribution in [3.8, 4) is 0 Å². The van der Waals surface area contributed by atoms with Crippen LogP contribution in [0.15, 0.2) is 12.1 Å². The zero-order chi connectivity index (χ0) is 15.6. The minimum atomic E-state index is 0.135. The highest BCUT2D eigenvalue weighted by Gasteiger charge is 2.15. The third-order valence-corrected chi connectivity index (χ3v) is 4.73. The number of aryl methyl sites for hydroxylation is 2. The number of rotatable bonds is 5. The number of anilines is 2. The van der Waals surface area contributed by atoms with Gasteiger partial charge in [-0.05, 0) is 45.4 Å². The highest BCUT2D eigenvalue weighted by Crippen LogP contribution is 2.33. The number of thiophene rings is 1. The molecule has 0 aromatic carbocycles. The highest BCUT2D eigenvalue weighted by molar-refractivity contribution is 7.12. The molecule has 2 aromatic rings. The van der Waals surface area contributed by atoms with E-state index in [1.807, 2.05) is 6.92 Å². The van der Waals surface area contributed by atoms with E-state index in [4.69, 9.17) is 23.2 Å². The number of hydrogen-bond donors (Lipinski definition) is 2. The van der Waals surface area contributed by atoms with Gasteiger partial charge in [-0.3, -0.25) is 0 Å². The average molecular weight is 344 g/mol. The maximum absolute atomic E-state index is 6.24. The molecule has 2 N–H and O–H groups in total. The Kier molecular flexibility index (Phi) is 5.36. The third-order valence-electron chi connectivity index (χ3n) is 3.17. The van der Waals surface area contributed by atoms with Crippen molar-refractivity contribution < 1.29 is 0 Å². The molecule has 1 unspecified atom stereocenters. The van der Waals surface area contributed by atoms with E-state index < -0.39 is 0 Å². The molecule has 0 saturated heterocycles. The Bertz CT molecular complexity index is 640. The number of aromatic nitrogens is 1. The minimum Gasteiger partial charge on any atom is -0.369 e. The normalized spacial score (nSPS) is 12.3. The molecule has 2 aromatic heterocycles. The largest absolute Gasteiger partial charge is 0.369 e. The molecule has 0 radical (unpaired) electrons. The van der Waals surface area contributed by atoms with Crippen LogP contribution in [0.3, 0.4) is 0 Å². The van der Waals surface area contributed by atoms with Crippen molar-refractivity contribution in [1.29, 1.82) is 0 Å². The zero-order valence-corrected chi connectivity index (χ0v) is 14.9. The Hall–Kier alpha value is -0.970. The van der Waals surface area contributed by atoms with Gasteiger partial charge in [-0.15, -0.1) is 11.3 Å². The molecule has 2 rings (SSSR count). The van der Waals surface area contributed by atoms with Gasteiger partial charge in [0.05, 0.1) is 16.1 Å². The van der Waals surface area contributed by atoms with Crippen LogP contribution < -0.4 is 10.6 Å². The standard InChI is InChI=1S/C15H19Cl2N3S/c1-5-18-14-12(16)7-13(17)15(20-14)19-9(3)11-6-8(2)21-10(11)4/h6-7,9H,5H2,1-4H3,(H2,18,19,20). The predicted octanol–water partition coefficient (Wildman–Crippen LogP) is 5.67. The van der Waals surface area contributed by atoms with Crippen LogP contribution >= 0.6 is 34.5 Å². The first-order valence-corrected chi connectivity index (χ1v) is 8.43. The molecule has 21 heavy (non-hydrogen) atoms. The van der Waals surface area contributed by atoms with Crippen molar-refractivity contribution in [2.45, 2.75) is 33.7 Å². The van der Waals surface area contributed by atoms with Crippen molar-refractivity contribution in [3.05, 3.63) is 37.5 Å². The summed E-state index contributed by atoms with van der Waals surface area (Å²) < 4.78 is 0. The Labute approximate surface area is 139 Å². The van der Waals surface area contributed by atoms with Gasteiger partial charge in [0.15, 0.2) is 0 Å². The van der Waals surface area contributed by atoms with E-state index in [0.717, 1.165) is 6.54 Å². The summed E-state index contributed by atoms with van der Waals surface area (Å²) in [5, 5.41) is 7.56. The number of nitrogens with zero attached hydrogens (tertiary/aromatic N) is 1. The van der Waals surface area contributed by atoms with Gasteiger partial charge in [-0.1, -0.05) is 23.2 Å². The predicted molar refractivity (Wildman–Crippen MR) is 94.3 cm³/mol. The Morgan fingerprint density at radius 2 is 1.86 bits per heavy atom. The van der Waals surface area contributed by atoms with Crippen molar-refractivity contribution in [2.24, 2.45) is 0 Å². The molecule has 0 bridgehead atoms. The molecular weight excluding hydrogens is 325 g/mol. The second kappa shape index (κ2) is 6.86. The van der Waals surface area contributed by atoms with E-state index in [1.165, 1.54) is 15.3 Å². The quantitative estimate of drug-likeness (QED) is 0.733. The summed E-state index contributed by atoms with van der Waals surface area (Å²) in [6.07, 6.45) is 0. The van der Waals surface area contributed by atoms with E-state index in [9.17, 15) is 0 Å². The lowest BCUT2D eigenvalue weighted by atomic mass is 10.1. The van der Waals surface area contributed by atoms with Gasteiger partial charge < -0.3 is 10.6 Å². The van der Waals surface area contributed by atoms with Crippen LogP contribution in [-0.4, -0.2) is 11.5 Å². The summed E-state index contributed by atoms with van der Waals surface area (Å²) >= 11 is 14.2. The van der Waals surface area contributed by atoms with Gasteiger partial charge in [0.2, 0.25) is 0 Å². The zero-order valence-electron chi connectivity index (χ0n) is 12.6. The van der Waals surface area contributed by atoms with E-state index in [1.54, 1.807) is 17.4 Å². The number of nitrogens with one attached hydrogen (secondary N) is 2. The molecule has 0 spiro atoms. The van der Waals surface area contributed by atoms with Crippen LogP contribution in [0.5, 0.6) is 0 Å². The second-order valence-corrected chi connectivity index (χ2v) is 7.19. The fourth-order valence-electron chi connectivity index (χ4n) is 2.22. The number of hydrogen-bond acceptors (Lipinski definition) is 4. The van der Waals surface area contributed by atoms with Gasteiger partial charge >= 0.3 is 0 Å². The van der Waals surface area contributed by atoms with Crippen LogP contribution in [0, 0.1) is 13.8 Å². The first-order chi connectivity index (χ1) is 9.92.